The summed E-state index contributed by atoms with van der Waals surface area (Å²) in [6, 6.07) is 9.91. The minimum absolute atomic E-state index is 0.0989. The van der Waals surface area contributed by atoms with Crippen LogP contribution in [0.5, 0.6) is 0 Å². The number of carbonyl (C=O) groups excluding carboxylic acids is 4. The second-order valence-corrected chi connectivity index (χ2v) is 9.59. The number of hydrogen-bond acceptors (Lipinski definition) is 7. The first-order chi connectivity index (χ1) is 16.1. The highest BCUT2D eigenvalue weighted by Crippen LogP contribution is 2.34. The molecule has 0 atom stereocenters. The van der Waals surface area contributed by atoms with Gasteiger partial charge in [0.05, 0.1) is 27.8 Å². The van der Waals surface area contributed by atoms with Gasteiger partial charge < -0.3 is 15.0 Å². The molecule has 3 amide bonds. The molecular formula is C23H21BrClN3O5S. The van der Waals surface area contributed by atoms with Gasteiger partial charge in [0.1, 0.15) is 6.54 Å². The Hall–Kier alpha value is -2.82. The van der Waals surface area contributed by atoms with Crippen molar-refractivity contribution in [1.82, 2.24) is 4.90 Å². The zero-order valence-electron chi connectivity index (χ0n) is 18.6. The minimum Gasteiger partial charge on any atom is -0.462 e. The summed E-state index contributed by atoms with van der Waals surface area (Å²) in [6.45, 7) is 1.37. The van der Waals surface area contributed by atoms with Crippen LogP contribution in [0.15, 0.2) is 45.8 Å². The van der Waals surface area contributed by atoms with Crippen LogP contribution in [-0.2, 0) is 14.3 Å². The third-order valence-corrected chi connectivity index (χ3v) is 6.54. The molecule has 1 fully saturated rings. The summed E-state index contributed by atoms with van der Waals surface area (Å²) in [7, 11) is 3.83. The smallest absolute Gasteiger partial charge is 0.339 e. The molecule has 3 rings (SSSR count). The predicted molar refractivity (Wildman–Crippen MR) is 137 cm³/mol. The second kappa shape index (κ2) is 11.1. The van der Waals surface area contributed by atoms with Gasteiger partial charge in [-0.05, 0) is 76.6 Å². The number of esters is 1. The molecule has 11 heteroatoms. The number of nitrogens with one attached hydrogen (secondary N) is 1. The fourth-order valence-electron chi connectivity index (χ4n) is 3.08. The molecule has 0 spiro atoms. The molecule has 0 saturated carbocycles. The molecule has 2 aromatic rings. The van der Waals surface area contributed by atoms with E-state index in [2.05, 4.69) is 21.2 Å². The van der Waals surface area contributed by atoms with Gasteiger partial charge in [-0.15, -0.1) is 0 Å². The van der Waals surface area contributed by atoms with Gasteiger partial charge in [-0.1, -0.05) is 17.7 Å². The van der Waals surface area contributed by atoms with Gasteiger partial charge in [-0.3, -0.25) is 19.3 Å². The molecule has 8 nitrogen and oxygen atoms in total. The number of amides is 3. The molecule has 0 aromatic heterocycles. The van der Waals surface area contributed by atoms with Crippen molar-refractivity contribution in [1.29, 1.82) is 0 Å². The van der Waals surface area contributed by atoms with Crippen LogP contribution in [0.4, 0.5) is 16.2 Å². The lowest BCUT2D eigenvalue weighted by Crippen LogP contribution is -2.36. The Kier molecular flexibility index (Phi) is 8.40. The molecule has 2 aromatic carbocycles. The highest BCUT2D eigenvalue weighted by atomic mass is 79.9. The molecule has 1 saturated heterocycles. The summed E-state index contributed by atoms with van der Waals surface area (Å²) in [5, 5.41) is 2.21. The van der Waals surface area contributed by atoms with Crippen LogP contribution in [0.25, 0.3) is 6.08 Å². The SMILES string of the molecule is CCOC(=O)c1cc(NC(=O)CN2C(=O)S/C(=C\c3ccc(N(C)C)c(Br)c3)C2=O)ccc1Cl. The van der Waals surface area contributed by atoms with Crippen LogP contribution in [0.1, 0.15) is 22.8 Å². The van der Waals surface area contributed by atoms with E-state index < -0.39 is 29.6 Å². The van der Waals surface area contributed by atoms with E-state index in [0.29, 0.717) is 0 Å². The Morgan fingerprint density at radius 2 is 1.94 bits per heavy atom. The van der Waals surface area contributed by atoms with E-state index in [1.54, 1.807) is 13.0 Å². The highest BCUT2D eigenvalue weighted by Gasteiger charge is 2.36. The zero-order valence-corrected chi connectivity index (χ0v) is 21.7. The lowest BCUT2D eigenvalue weighted by atomic mass is 10.2. The first-order valence-electron chi connectivity index (χ1n) is 10.1. The van der Waals surface area contributed by atoms with Crippen LogP contribution in [-0.4, -0.2) is 55.2 Å². The summed E-state index contributed by atoms with van der Waals surface area (Å²) in [6.07, 6.45) is 1.61. The standard InChI is InChI=1S/C23H21BrClN3O5S/c1-4-33-22(31)15-11-14(6-7-17(15)25)26-20(29)12-28-21(30)19(34-23(28)32)10-13-5-8-18(27(2)3)16(24)9-13/h5-11H,4,12H2,1-3H3,(H,26,29)/b19-10-. The quantitative estimate of drug-likeness (QED) is 0.371. The second-order valence-electron chi connectivity index (χ2n) is 7.34. The molecule has 1 aliphatic rings. The zero-order chi connectivity index (χ0) is 25.0. The Bertz CT molecular complexity index is 1200. The summed E-state index contributed by atoms with van der Waals surface area (Å²) >= 11 is 10.3. The maximum Gasteiger partial charge on any atom is 0.339 e. The Morgan fingerprint density at radius 3 is 2.59 bits per heavy atom. The van der Waals surface area contributed by atoms with Crippen LogP contribution in [0.3, 0.4) is 0 Å². The Morgan fingerprint density at radius 1 is 1.21 bits per heavy atom. The normalized spacial score (nSPS) is 14.5. The minimum atomic E-state index is -0.620. The van der Waals surface area contributed by atoms with Gasteiger partial charge in [-0.2, -0.15) is 0 Å². The number of ether oxygens (including phenoxy) is 1. The fourth-order valence-corrected chi connectivity index (χ4v) is 4.86. The van der Waals surface area contributed by atoms with Gasteiger partial charge in [0, 0.05) is 24.3 Å². The van der Waals surface area contributed by atoms with Crippen molar-refractivity contribution < 1.29 is 23.9 Å². The van der Waals surface area contributed by atoms with E-state index in [0.717, 1.165) is 32.4 Å². The number of imide groups is 1. The molecule has 0 bridgehead atoms. The van der Waals surface area contributed by atoms with Gasteiger partial charge in [0.2, 0.25) is 5.91 Å². The van der Waals surface area contributed by atoms with E-state index in [1.807, 2.05) is 37.2 Å². The largest absolute Gasteiger partial charge is 0.462 e. The number of anilines is 2. The van der Waals surface area contributed by atoms with Crippen molar-refractivity contribution in [2.45, 2.75) is 6.92 Å². The Balaban J connectivity index is 1.70. The summed E-state index contributed by atoms with van der Waals surface area (Å²) in [5.41, 5.74) is 2.09. The molecule has 1 aliphatic heterocycles. The van der Waals surface area contributed by atoms with Gasteiger partial charge >= 0.3 is 5.97 Å². The number of nitrogens with zero attached hydrogens (tertiary/aromatic N) is 2. The first kappa shape index (κ1) is 25.8. The molecule has 34 heavy (non-hydrogen) atoms. The van der Waals surface area contributed by atoms with E-state index in [1.165, 1.54) is 18.2 Å². The van der Waals surface area contributed by atoms with Crippen molar-refractivity contribution in [2.24, 2.45) is 0 Å². The average Bonchev–Trinajstić information content (AvgIpc) is 3.02. The number of carbonyl (C=O) groups is 4. The van der Waals surface area contributed by atoms with E-state index in [9.17, 15) is 19.2 Å². The van der Waals surface area contributed by atoms with Crippen molar-refractivity contribution in [3.63, 3.8) is 0 Å². The van der Waals surface area contributed by atoms with Gasteiger partial charge in [0.15, 0.2) is 0 Å². The number of rotatable bonds is 7. The maximum atomic E-state index is 12.8. The molecule has 0 radical (unpaired) electrons. The van der Waals surface area contributed by atoms with Gasteiger partial charge in [-0.25, -0.2) is 4.79 Å². The third-order valence-electron chi connectivity index (χ3n) is 4.67. The molecule has 1 heterocycles. The molecule has 0 unspecified atom stereocenters. The molecule has 0 aliphatic carbocycles. The molecular weight excluding hydrogens is 546 g/mol. The lowest BCUT2D eigenvalue weighted by Gasteiger charge is -2.14. The monoisotopic (exact) mass is 565 g/mol. The topological polar surface area (TPSA) is 96.0 Å². The van der Waals surface area contributed by atoms with E-state index in [4.69, 9.17) is 16.3 Å². The predicted octanol–water partition coefficient (Wildman–Crippen LogP) is 5.02. The summed E-state index contributed by atoms with van der Waals surface area (Å²) in [5.74, 6) is -1.77. The van der Waals surface area contributed by atoms with Crippen molar-refractivity contribution >= 4 is 79.8 Å². The van der Waals surface area contributed by atoms with Crippen molar-refractivity contribution in [3.8, 4) is 0 Å². The summed E-state index contributed by atoms with van der Waals surface area (Å²) in [4.78, 5) is 52.7. The van der Waals surface area contributed by atoms with E-state index in [-0.39, 0.29) is 27.8 Å². The third kappa shape index (κ3) is 5.99. The average molecular weight is 567 g/mol. The number of benzene rings is 2. The maximum absolute atomic E-state index is 12.8. The van der Waals surface area contributed by atoms with Crippen molar-refractivity contribution in [2.75, 3.05) is 37.5 Å². The van der Waals surface area contributed by atoms with Crippen LogP contribution >= 0.6 is 39.3 Å². The van der Waals surface area contributed by atoms with Crippen LogP contribution < -0.4 is 10.2 Å². The molecule has 178 valence electrons. The van der Waals surface area contributed by atoms with Gasteiger partial charge in [0.25, 0.3) is 11.1 Å². The summed E-state index contributed by atoms with van der Waals surface area (Å²) < 4.78 is 5.79. The first-order valence-corrected chi connectivity index (χ1v) is 12.1. The number of thioether (sulfide) groups is 1. The van der Waals surface area contributed by atoms with Crippen LogP contribution in [0, 0.1) is 0 Å². The Labute approximate surface area is 214 Å². The molecule has 1 N–H and O–H groups in total. The highest BCUT2D eigenvalue weighted by molar-refractivity contribution is 9.10. The van der Waals surface area contributed by atoms with Crippen LogP contribution in [0.2, 0.25) is 5.02 Å². The lowest BCUT2D eigenvalue weighted by molar-refractivity contribution is -0.127. The number of halogens is 2. The van der Waals surface area contributed by atoms with Crippen molar-refractivity contribution in [3.05, 3.63) is 61.9 Å². The number of hydrogen-bond donors (Lipinski definition) is 1. The van der Waals surface area contributed by atoms with E-state index >= 15 is 0 Å². The fraction of sp³-hybridized carbons (Fsp3) is 0.217.